The van der Waals surface area contributed by atoms with Crippen LogP contribution in [-0.4, -0.2) is 23.5 Å². The summed E-state index contributed by atoms with van der Waals surface area (Å²) in [5, 5.41) is 7.14. The van der Waals surface area contributed by atoms with E-state index >= 15 is 0 Å². The molecule has 0 spiro atoms. The fraction of sp³-hybridized carbons (Fsp3) is 0.182. The van der Waals surface area contributed by atoms with Crippen molar-refractivity contribution in [1.29, 1.82) is 0 Å². The van der Waals surface area contributed by atoms with Crippen molar-refractivity contribution in [3.63, 3.8) is 0 Å². The molecule has 0 fully saturated rings. The maximum Gasteiger partial charge on any atom is 0.416 e. The standard InChI is InChI=1S/C44H39ClF3N3O2/c1-30-21-22-32(31(2)25-30)26-37(51-42(52)39-28-41(45)49-29-40(39)53-38-20-12-19-36(27-38)44(46,47)48)23-24-50-43(33-13-6-3-7-14-33,34-15-8-4-9-16-34)35-17-10-5-11-18-35/h3-22,25,27-29,37,50H,23-24,26H2,1-2H3,(H,51,52). The van der Waals surface area contributed by atoms with Crippen LogP contribution in [0.15, 0.2) is 146 Å². The first-order valence-corrected chi connectivity index (χ1v) is 17.7. The molecular formula is C44H39ClF3N3O2. The zero-order chi connectivity index (χ0) is 37.4. The Bertz CT molecular complexity index is 2050. The number of alkyl halides is 3. The van der Waals surface area contributed by atoms with Gasteiger partial charge in [-0.1, -0.05) is 132 Å². The molecule has 5 aromatic carbocycles. The minimum atomic E-state index is -4.56. The topological polar surface area (TPSA) is 63.2 Å². The van der Waals surface area contributed by atoms with E-state index in [4.69, 9.17) is 16.3 Å². The summed E-state index contributed by atoms with van der Waals surface area (Å²) in [5.41, 5.74) is 4.98. The van der Waals surface area contributed by atoms with Crippen LogP contribution < -0.4 is 15.4 Å². The van der Waals surface area contributed by atoms with Gasteiger partial charge in [0.1, 0.15) is 10.9 Å². The van der Waals surface area contributed by atoms with Crippen molar-refractivity contribution in [2.75, 3.05) is 6.54 Å². The van der Waals surface area contributed by atoms with Gasteiger partial charge in [0.05, 0.1) is 22.9 Å². The molecule has 0 radical (unpaired) electrons. The molecule has 0 bridgehead atoms. The van der Waals surface area contributed by atoms with Crippen molar-refractivity contribution in [3.05, 3.63) is 195 Å². The highest BCUT2D eigenvalue weighted by Crippen LogP contribution is 2.37. The lowest BCUT2D eigenvalue weighted by molar-refractivity contribution is -0.137. The van der Waals surface area contributed by atoms with E-state index in [0.29, 0.717) is 19.4 Å². The summed E-state index contributed by atoms with van der Waals surface area (Å²) in [6.45, 7) is 4.59. The predicted octanol–water partition coefficient (Wildman–Crippen LogP) is 10.5. The first-order valence-electron chi connectivity index (χ1n) is 17.3. The maximum atomic E-state index is 14.1. The number of hydrogen-bond donors (Lipinski definition) is 2. The second-order valence-electron chi connectivity index (χ2n) is 13.0. The van der Waals surface area contributed by atoms with E-state index in [2.05, 4.69) is 64.1 Å². The zero-order valence-corrected chi connectivity index (χ0v) is 30.1. The number of rotatable bonds is 13. The number of benzene rings is 5. The van der Waals surface area contributed by atoms with Crippen LogP contribution >= 0.6 is 11.6 Å². The largest absolute Gasteiger partial charge is 0.455 e. The highest BCUT2D eigenvalue weighted by molar-refractivity contribution is 6.29. The lowest BCUT2D eigenvalue weighted by Crippen LogP contribution is -2.47. The molecule has 2 N–H and O–H groups in total. The number of hydrogen-bond acceptors (Lipinski definition) is 4. The van der Waals surface area contributed by atoms with Crippen molar-refractivity contribution in [2.24, 2.45) is 0 Å². The third kappa shape index (κ3) is 8.96. The number of aryl methyl sites for hydroxylation is 2. The average Bonchev–Trinajstić information content (AvgIpc) is 3.16. The van der Waals surface area contributed by atoms with Crippen LogP contribution in [0.3, 0.4) is 0 Å². The lowest BCUT2D eigenvalue weighted by atomic mass is 9.77. The van der Waals surface area contributed by atoms with E-state index in [1.165, 1.54) is 24.4 Å². The van der Waals surface area contributed by atoms with Crippen LogP contribution in [0.5, 0.6) is 11.5 Å². The summed E-state index contributed by atoms with van der Waals surface area (Å²) >= 11 is 6.25. The summed E-state index contributed by atoms with van der Waals surface area (Å²) in [6, 6.07) is 42.5. The van der Waals surface area contributed by atoms with Gasteiger partial charge in [-0.2, -0.15) is 13.2 Å². The van der Waals surface area contributed by atoms with Crippen molar-refractivity contribution in [2.45, 2.75) is 44.4 Å². The van der Waals surface area contributed by atoms with Crippen molar-refractivity contribution < 1.29 is 22.7 Å². The van der Waals surface area contributed by atoms with Crippen molar-refractivity contribution in [3.8, 4) is 11.5 Å². The van der Waals surface area contributed by atoms with Crippen LogP contribution in [0.1, 0.15) is 55.7 Å². The third-order valence-electron chi connectivity index (χ3n) is 9.27. The molecule has 1 unspecified atom stereocenters. The van der Waals surface area contributed by atoms with Crippen LogP contribution in [0, 0.1) is 13.8 Å². The quantitative estimate of drug-likeness (QED) is 0.0916. The second-order valence-corrected chi connectivity index (χ2v) is 13.4. The normalized spacial score (nSPS) is 12.3. The number of halogens is 4. The number of pyridine rings is 1. The molecule has 0 saturated heterocycles. The van der Waals surface area contributed by atoms with Gasteiger partial charge in [-0.15, -0.1) is 0 Å². The minimum absolute atomic E-state index is 0.0223. The molecule has 270 valence electrons. The number of aromatic nitrogens is 1. The molecule has 6 rings (SSSR count). The SMILES string of the molecule is Cc1ccc(CC(CCNC(c2ccccc2)(c2ccccc2)c2ccccc2)NC(=O)c2cc(Cl)ncc2Oc2cccc(C(F)(F)F)c2)c(C)c1. The predicted molar refractivity (Wildman–Crippen MR) is 203 cm³/mol. The number of nitrogens with one attached hydrogen (secondary N) is 2. The Kier molecular flexibility index (Phi) is 11.6. The average molecular weight is 734 g/mol. The molecular weight excluding hydrogens is 695 g/mol. The fourth-order valence-corrected chi connectivity index (χ4v) is 6.83. The molecule has 0 saturated carbocycles. The summed E-state index contributed by atoms with van der Waals surface area (Å²) < 4.78 is 46.2. The molecule has 53 heavy (non-hydrogen) atoms. The highest BCUT2D eigenvalue weighted by Gasteiger charge is 2.36. The van der Waals surface area contributed by atoms with Gasteiger partial charge in [0.2, 0.25) is 0 Å². The molecule has 6 aromatic rings. The number of ether oxygens (including phenoxy) is 1. The molecule has 1 atom stereocenters. The van der Waals surface area contributed by atoms with Gasteiger partial charge in [0.25, 0.3) is 5.91 Å². The molecule has 0 aliphatic carbocycles. The molecule has 1 amide bonds. The van der Waals surface area contributed by atoms with E-state index < -0.39 is 23.2 Å². The third-order valence-corrected chi connectivity index (χ3v) is 9.48. The van der Waals surface area contributed by atoms with Crippen molar-refractivity contribution in [1.82, 2.24) is 15.6 Å². The molecule has 1 heterocycles. The van der Waals surface area contributed by atoms with Crippen LogP contribution in [-0.2, 0) is 18.1 Å². The van der Waals surface area contributed by atoms with Crippen LogP contribution in [0.25, 0.3) is 0 Å². The molecule has 9 heteroatoms. The van der Waals surface area contributed by atoms with Gasteiger partial charge < -0.3 is 10.1 Å². The number of carbonyl (C=O) groups is 1. The van der Waals surface area contributed by atoms with Gasteiger partial charge in [-0.3, -0.25) is 10.1 Å². The van der Waals surface area contributed by atoms with Gasteiger partial charge in [-0.25, -0.2) is 4.98 Å². The Hall–Kier alpha value is -5.44. The minimum Gasteiger partial charge on any atom is -0.455 e. The van der Waals surface area contributed by atoms with Gasteiger partial charge in [0.15, 0.2) is 5.75 Å². The molecule has 5 nitrogen and oxygen atoms in total. The zero-order valence-electron chi connectivity index (χ0n) is 29.3. The Morgan fingerprint density at radius 3 is 1.91 bits per heavy atom. The summed E-state index contributed by atoms with van der Waals surface area (Å²) in [7, 11) is 0. The first-order chi connectivity index (χ1) is 25.5. The first kappa shape index (κ1) is 37.3. The van der Waals surface area contributed by atoms with Gasteiger partial charge in [0, 0.05) is 6.04 Å². The molecule has 0 aliphatic heterocycles. The highest BCUT2D eigenvalue weighted by atomic mass is 35.5. The van der Waals surface area contributed by atoms with Gasteiger partial charge in [-0.05, 0) is 85.3 Å². The number of nitrogens with zero attached hydrogens (tertiary/aromatic N) is 1. The summed E-state index contributed by atoms with van der Waals surface area (Å²) in [4.78, 5) is 18.2. The Morgan fingerprint density at radius 1 is 0.755 bits per heavy atom. The van der Waals surface area contributed by atoms with Crippen LogP contribution in [0.2, 0.25) is 5.15 Å². The Morgan fingerprint density at radius 2 is 1.34 bits per heavy atom. The van der Waals surface area contributed by atoms with Crippen molar-refractivity contribution >= 4 is 17.5 Å². The molecule has 0 aliphatic rings. The van der Waals surface area contributed by atoms with E-state index in [0.717, 1.165) is 45.5 Å². The Labute approximate surface area is 312 Å². The second kappa shape index (κ2) is 16.5. The number of amides is 1. The fourth-order valence-electron chi connectivity index (χ4n) is 6.67. The van der Waals surface area contributed by atoms with Crippen LogP contribution in [0.4, 0.5) is 13.2 Å². The van der Waals surface area contributed by atoms with E-state index in [1.807, 2.05) is 74.5 Å². The summed E-state index contributed by atoms with van der Waals surface area (Å²) in [6.07, 6.45) is -2.27. The van der Waals surface area contributed by atoms with E-state index in [-0.39, 0.29) is 28.3 Å². The van der Waals surface area contributed by atoms with E-state index in [9.17, 15) is 18.0 Å². The van der Waals surface area contributed by atoms with E-state index in [1.54, 1.807) is 0 Å². The Balaban J connectivity index is 1.32. The number of carbonyl (C=O) groups excluding carboxylic acids is 1. The van der Waals surface area contributed by atoms with Gasteiger partial charge >= 0.3 is 6.18 Å². The maximum absolute atomic E-state index is 14.1. The monoisotopic (exact) mass is 733 g/mol. The lowest BCUT2D eigenvalue weighted by Gasteiger charge is -2.37. The summed E-state index contributed by atoms with van der Waals surface area (Å²) in [5.74, 6) is -0.606. The molecule has 1 aromatic heterocycles. The smallest absolute Gasteiger partial charge is 0.416 e.